The summed E-state index contributed by atoms with van der Waals surface area (Å²) in [6.45, 7) is 0.317. The largest absolute Gasteiger partial charge is 0.345 e. The minimum Gasteiger partial charge on any atom is -0.345 e. The Morgan fingerprint density at radius 1 is 1.50 bits per heavy atom. The van der Waals surface area contributed by atoms with Crippen molar-refractivity contribution in [1.82, 2.24) is 9.63 Å². The fourth-order valence-electron chi connectivity index (χ4n) is 0.833. The van der Waals surface area contributed by atoms with Crippen LogP contribution < -0.4 is 0 Å². The van der Waals surface area contributed by atoms with Crippen molar-refractivity contribution in [2.45, 2.75) is 6.54 Å². The summed E-state index contributed by atoms with van der Waals surface area (Å²) < 4.78 is 1.79. The molecule has 4 heteroatoms. The van der Waals surface area contributed by atoms with E-state index in [1.165, 1.54) is 12.2 Å². The highest BCUT2D eigenvalue weighted by atomic mass is 16.7. The molecule has 0 radical (unpaired) electrons. The average molecular weight is 168 g/mol. The van der Waals surface area contributed by atoms with Gasteiger partial charge in [-0.3, -0.25) is 9.63 Å². The van der Waals surface area contributed by atoms with Crippen molar-refractivity contribution in [3.63, 3.8) is 0 Å². The molecule has 0 aliphatic heterocycles. The maximum Gasteiger partial charge on any atom is 0.265 e. The highest BCUT2D eigenvalue weighted by Crippen LogP contribution is 1.93. The van der Waals surface area contributed by atoms with Crippen LogP contribution in [-0.2, 0) is 16.2 Å². The second-order valence-corrected chi connectivity index (χ2v) is 2.43. The second-order valence-electron chi connectivity index (χ2n) is 2.43. The van der Waals surface area contributed by atoms with Gasteiger partial charge in [-0.2, -0.15) is 0 Å². The van der Waals surface area contributed by atoms with Crippen LogP contribution in [0, 0.1) is 0 Å². The second kappa shape index (κ2) is 3.92. The van der Waals surface area contributed by atoms with Crippen LogP contribution in [0.15, 0.2) is 24.5 Å². The van der Waals surface area contributed by atoms with Gasteiger partial charge in [0.15, 0.2) is 0 Å². The number of aromatic nitrogens is 1. The first-order chi connectivity index (χ1) is 5.74. The van der Waals surface area contributed by atoms with E-state index in [0.29, 0.717) is 6.54 Å². The SMILES string of the molecule is CON(C)C(=O)Cn1cccc1. The quantitative estimate of drug-likeness (QED) is 0.616. The Morgan fingerprint density at radius 3 is 2.58 bits per heavy atom. The van der Waals surface area contributed by atoms with Gasteiger partial charge in [-0.15, -0.1) is 0 Å². The van der Waals surface area contributed by atoms with Gasteiger partial charge in [-0.25, -0.2) is 5.06 Å². The first kappa shape index (κ1) is 8.80. The molecule has 1 aromatic heterocycles. The van der Waals surface area contributed by atoms with E-state index < -0.39 is 0 Å². The van der Waals surface area contributed by atoms with Crippen LogP contribution in [0.4, 0.5) is 0 Å². The summed E-state index contributed by atoms with van der Waals surface area (Å²) >= 11 is 0. The lowest BCUT2D eigenvalue weighted by atomic mass is 10.6. The Labute approximate surface area is 71.3 Å². The van der Waals surface area contributed by atoms with E-state index in [1.807, 2.05) is 24.5 Å². The Hall–Kier alpha value is -1.29. The molecule has 0 aromatic carbocycles. The van der Waals surface area contributed by atoms with Crippen molar-refractivity contribution in [2.24, 2.45) is 0 Å². The van der Waals surface area contributed by atoms with Crippen LogP contribution in [0.1, 0.15) is 0 Å². The molecule has 1 heterocycles. The summed E-state index contributed by atoms with van der Waals surface area (Å²) in [5.74, 6) is -0.0753. The van der Waals surface area contributed by atoms with Crippen molar-refractivity contribution in [2.75, 3.05) is 14.2 Å². The third-order valence-electron chi connectivity index (χ3n) is 1.61. The van der Waals surface area contributed by atoms with E-state index in [4.69, 9.17) is 4.84 Å². The number of carbonyl (C=O) groups is 1. The van der Waals surface area contributed by atoms with E-state index in [0.717, 1.165) is 0 Å². The van der Waals surface area contributed by atoms with Gasteiger partial charge in [0.25, 0.3) is 5.91 Å². The van der Waals surface area contributed by atoms with Crippen LogP contribution in [0.2, 0.25) is 0 Å². The Balaban J connectivity index is 2.47. The molecule has 0 fully saturated rings. The molecule has 12 heavy (non-hydrogen) atoms. The normalized spacial score (nSPS) is 9.83. The van der Waals surface area contributed by atoms with Crippen molar-refractivity contribution < 1.29 is 9.63 Å². The van der Waals surface area contributed by atoms with Crippen LogP contribution in [0.3, 0.4) is 0 Å². The highest BCUT2D eigenvalue weighted by Gasteiger charge is 2.06. The smallest absolute Gasteiger partial charge is 0.265 e. The number of hydroxylamine groups is 2. The lowest BCUT2D eigenvalue weighted by Crippen LogP contribution is -2.28. The molecule has 0 atom stereocenters. The number of carbonyl (C=O) groups excluding carboxylic acids is 1. The average Bonchev–Trinajstić information content (AvgIpc) is 2.55. The molecule has 0 aliphatic rings. The summed E-state index contributed by atoms with van der Waals surface area (Å²) in [6, 6.07) is 3.75. The molecule has 1 rings (SSSR count). The molecule has 0 spiro atoms. The maximum absolute atomic E-state index is 11.2. The summed E-state index contributed by atoms with van der Waals surface area (Å²) in [6.07, 6.45) is 3.67. The molecule has 0 aliphatic carbocycles. The summed E-state index contributed by atoms with van der Waals surface area (Å²) in [5.41, 5.74) is 0. The van der Waals surface area contributed by atoms with Crippen LogP contribution >= 0.6 is 0 Å². The lowest BCUT2D eigenvalue weighted by Gasteiger charge is -2.13. The number of hydrogen-bond donors (Lipinski definition) is 0. The molecule has 0 bridgehead atoms. The molecule has 66 valence electrons. The fourth-order valence-corrected chi connectivity index (χ4v) is 0.833. The lowest BCUT2D eigenvalue weighted by molar-refractivity contribution is -0.169. The van der Waals surface area contributed by atoms with Gasteiger partial charge in [-0.1, -0.05) is 0 Å². The van der Waals surface area contributed by atoms with Gasteiger partial charge >= 0.3 is 0 Å². The van der Waals surface area contributed by atoms with Gasteiger partial charge < -0.3 is 4.57 Å². The minimum absolute atomic E-state index is 0.0753. The number of likely N-dealkylation sites (N-methyl/N-ethyl adjacent to an activating group) is 1. The van der Waals surface area contributed by atoms with Gasteiger partial charge in [0.2, 0.25) is 0 Å². The van der Waals surface area contributed by atoms with Gasteiger partial charge in [0.1, 0.15) is 6.54 Å². The molecular formula is C8H12N2O2. The zero-order valence-electron chi connectivity index (χ0n) is 7.23. The van der Waals surface area contributed by atoms with E-state index in [9.17, 15) is 4.79 Å². The number of hydrogen-bond acceptors (Lipinski definition) is 2. The number of amides is 1. The van der Waals surface area contributed by atoms with Crippen LogP contribution in [-0.4, -0.2) is 29.7 Å². The zero-order valence-corrected chi connectivity index (χ0v) is 7.23. The third-order valence-corrected chi connectivity index (χ3v) is 1.61. The predicted octanol–water partition coefficient (Wildman–Crippen LogP) is 0.508. The molecule has 1 aromatic rings. The summed E-state index contributed by atoms with van der Waals surface area (Å²) in [7, 11) is 3.05. The van der Waals surface area contributed by atoms with Crippen molar-refractivity contribution >= 4 is 5.91 Å². The minimum atomic E-state index is -0.0753. The molecule has 0 N–H and O–H groups in total. The monoisotopic (exact) mass is 168 g/mol. The first-order valence-corrected chi connectivity index (χ1v) is 3.65. The molecule has 1 amide bonds. The standard InChI is InChI=1S/C8H12N2O2/c1-9(12-2)8(11)7-10-5-3-4-6-10/h3-6H,7H2,1-2H3. The van der Waals surface area contributed by atoms with Crippen LogP contribution in [0.5, 0.6) is 0 Å². The number of nitrogens with zero attached hydrogens (tertiary/aromatic N) is 2. The van der Waals surface area contributed by atoms with E-state index in [2.05, 4.69) is 0 Å². The van der Waals surface area contributed by atoms with Gasteiger partial charge in [-0.05, 0) is 12.1 Å². The Morgan fingerprint density at radius 2 is 2.08 bits per heavy atom. The maximum atomic E-state index is 11.2. The van der Waals surface area contributed by atoms with Gasteiger partial charge in [0.05, 0.1) is 7.11 Å². The Bertz CT molecular complexity index is 244. The van der Waals surface area contributed by atoms with E-state index in [-0.39, 0.29) is 5.91 Å². The highest BCUT2D eigenvalue weighted by molar-refractivity contribution is 5.74. The molecule has 4 nitrogen and oxygen atoms in total. The summed E-state index contributed by atoms with van der Waals surface area (Å²) in [4.78, 5) is 16.0. The Kier molecular flexibility index (Phi) is 2.88. The van der Waals surface area contributed by atoms with E-state index >= 15 is 0 Å². The van der Waals surface area contributed by atoms with Crippen LogP contribution in [0.25, 0.3) is 0 Å². The number of rotatable bonds is 3. The van der Waals surface area contributed by atoms with Crippen molar-refractivity contribution in [1.29, 1.82) is 0 Å². The molecular weight excluding hydrogens is 156 g/mol. The third kappa shape index (κ3) is 2.10. The topological polar surface area (TPSA) is 34.5 Å². The molecule has 0 saturated heterocycles. The van der Waals surface area contributed by atoms with Gasteiger partial charge in [0, 0.05) is 19.4 Å². The molecule has 0 unspecified atom stereocenters. The summed E-state index contributed by atoms with van der Waals surface area (Å²) in [5, 5.41) is 1.21. The molecule has 0 saturated carbocycles. The van der Waals surface area contributed by atoms with Crippen molar-refractivity contribution in [3.8, 4) is 0 Å². The van der Waals surface area contributed by atoms with Crippen molar-refractivity contribution in [3.05, 3.63) is 24.5 Å². The first-order valence-electron chi connectivity index (χ1n) is 3.65. The predicted molar refractivity (Wildman–Crippen MR) is 44.2 cm³/mol. The van der Waals surface area contributed by atoms with E-state index in [1.54, 1.807) is 11.6 Å². The zero-order chi connectivity index (χ0) is 8.97. The fraction of sp³-hybridized carbons (Fsp3) is 0.375.